The number of aryl methyl sites for hydroxylation is 2. The Balaban J connectivity index is 1.27. The number of carbonyl (C=O) groups excluding carboxylic acids is 1. The second kappa shape index (κ2) is 7.92. The van der Waals surface area contributed by atoms with Crippen molar-refractivity contribution in [3.63, 3.8) is 0 Å². The Morgan fingerprint density at radius 3 is 3.00 bits per heavy atom. The van der Waals surface area contributed by atoms with E-state index in [9.17, 15) is 4.79 Å². The third kappa shape index (κ3) is 3.96. The van der Waals surface area contributed by atoms with E-state index in [0.717, 1.165) is 31.7 Å². The summed E-state index contributed by atoms with van der Waals surface area (Å²) in [6.45, 7) is 4.44. The molecular formula is C22H27N5O. The summed E-state index contributed by atoms with van der Waals surface area (Å²) in [7, 11) is 2.07. The first-order chi connectivity index (χ1) is 13.6. The van der Waals surface area contributed by atoms with E-state index in [1.54, 1.807) is 6.20 Å². The number of aromatic nitrogens is 2. The third-order valence-electron chi connectivity index (χ3n) is 5.41. The van der Waals surface area contributed by atoms with Crippen molar-refractivity contribution in [1.82, 2.24) is 20.2 Å². The molecule has 2 aromatic heterocycles. The highest BCUT2D eigenvalue weighted by Crippen LogP contribution is 2.22. The summed E-state index contributed by atoms with van der Waals surface area (Å²) in [5.41, 5.74) is 3.76. The SMILES string of the molecule is Cc1ccc2c(CCNC(=O)NC3CCN(c4ccccn4)C3)cn(C)c2c1. The molecule has 0 bridgehead atoms. The van der Waals surface area contributed by atoms with Crippen LogP contribution in [0.15, 0.2) is 48.8 Å². The molecule has 1 atom stereocenters. The van der Waals surface area contributed by atoms with Crippen LogP contribution in [0, 0.1) is 6.92 Å². The number of hydrogen-bond acceptors (Lipinski definition) is 3. The van der Waals surface area contributed by atoms with Gasteiger partial charge in [0.1, 0.15) is 5.82 Å². The van der Waals surface area contributed by atoms with Crippen LogP contribution in [0.25, 0.3) is 10.9 Å². The third-order valence-corrected chi connectivity index (χ3v) is 5.41. The van der Waals surface area contributed by atoms with Gasteiger partial charge in [-0.3, -0.25) is 0 Å². The Labute approximate surface area is 165 Å². The van der Waals surface area contributed by atoms with E-state index in [0.29, 0.717) is 6.54 Å². The van der Waals surface area contributed by atoms with Crippen molar-refractivity contribution in [1.29, 1.82) is 0 Å². The van der Waals surface area contributed by atoms with Gasteiger partial charge in [0.05, 0.1) is 0 Å². The van der Waals surface area contributed by atoms with E-state index in [2.05, 4.69) is 63.5 Å². The molecule has 0 aliphatic carbocycles. The van der Waals surface area contributed by atoms with Gasteiger partial charge in [-0.1, -0.05) is 18.2 Å². The quantitative estimate of drug-likeness (QED) is 0.719. The number of urea groups is 1. The zero-order valence-electron chi connectivity index (χ0n) is 16.5. The van der Waals surface area contributed by atoms with Crippen molar-refractivity contribution >= 4 is 22.8 Å². The summed E-state index contributed by atoms with van der Waals surface area (Å²) < 4.78 is 2.16. The summed E-state index contributed by atoms with van der Waals surface area (Å²) in [5.74, 6) is 0.971. The standard InChI is InChI=1S/C22H27N5O/c1-16-6-7-19-17(14-26(2)20(19)13-16)8-11-24-22(28)25-18-9-12-27(15-18)21-5-3-4-10-23-21/h3-7,10,13-14,18H,8-9,11-12,15H2,1-2H3,(H2,24,25,28). The average Bonchev–Trinajstić information content (AvgIpc) is 3.27. The van der Waals surface area contributed by atoms with Crippen LogP contribution < -0.4 is 15.5 Å². The van der Waals surface area contributed by atoms with Crippen molar-refractivity contribution in [3.8, 4) is 0 Å². The Bertz CT molecular complexity index is 966. The van der Waals surface area contributed by atoms with Crippen molar-refractivity contribution in [2.75, 3.05) is 24.5 Å². The fourth-order valence-electron chi connectivity index (χ4n) is 3.95. The Kier molecular flexibility index (Phi) is 5.19. The number of pyridine rings is 1. The van der Waals surface area contributed by atoms with Crippen LogP contribution in [0.2, 0.25) is 0 Å². The monoisotopic (exact) mass is 377 g/mol. The molecule has 1 aliphatic rings. The number of carbonyl (C=O) groups is 1. The van der Waals surface area contributed by atoms with Crippen molar-refractivity contribution < 1.29 is 4.79 Å². The molecule has 4 rings (SSSR count). The smallest absolute Gasteiger partial charge is 0.315 e. The lowest BCUT2D eigenvalue weighted by Gasteiger charge is -2.18. The summed E-state index contributed by atoms with van der Waals surface area (Å²) in [6.07, 6.45) is 5.72. The molecule has 146 valence electrons. The molecule has 1 saturated heterocycles. The van der Waals surface area contributed by atoms with Crippen LogP contribution >= 0.6 is 0 Å². The number of hydrogen-bond donors (Lipinski definition) is 2. The number of fused-ring (bicyclic) bond motifs is 1. The maximum Gasteiger partial charge on any atom is 0.315 e. The number of anilines is 1. The molecule has 6 heteroatoms. The Morgan fingerprint density at radius 2 is 2.18 bits per heavy atom. The fourth-order valence-corrected chi connectivity index (χ4v) is 3.95. The summed E-state index contributed by atoms with van der Waals surface area (Å²) in [5, 5.41) is 7.36. The number of benzene rings is 1. The molecule has 1 aromatic carbocycles. The Morgan fingerprint density at radius 1 is 1.29 bits per heavy atom. The van der Waals surface area contributed by atoms with Gasteiger partial charge in [0.15, 0.2) is 0 Å². The van der Waals surface area contributed by atoms with E-state index < -0.39 is 0 Å². The van der Waals surface area contributed by atoms with Gasteiger partial charge in [-0.25, -0.2) is 9.78 Å². The molecule has 1 unspecified atom stereocenters. The zero-order chi connectivity index (χ0) is 19.5. The van der Waals surface area contributed by atoms with E-state index in [1.165, 1.54) is 22.0 Å². The second-order valence-corrected chi connectivity index (χ2v) is 7.56. The van der Waals surface area contributed by atoms with Gasteiger partial charge in [0, 0.05) is 56.0 Å². The van der Waals surface area contributed by atoms with Crippen molar-refractivity contribution in [2.45, 2.75) is 25.8 Å². The minimum atomic E-state index is -0.0936. The van der Waals surface area contributed by atoms with Gasteiger partial charge in [-0.05, 0) is 49.1 Å². The molecule has 2 N–H and O–H groups in total. The molecule has 0 spiro atoms. The van der Waals surface area contributed by atoms with Crippen LogP contribution in [0.3, 0.4) is 0 Å². The highest BCUT2D eigenvalue weighted by atomic mass is 16.2. The van der Waals surface area contributed by atoms with Crippen LogP contribution in [0.1, 0.15) is 17.5 Å². The maximum atomic E-state index is 12.3. The number of amides is 2. The van der Waals surface area contributed by atoms with E-state index in [1.807, 2.05) is 18.2 Å². The summed E-state index contributed by atoms with van der Waals surface area (Å²) in [4.78, 5) is 18.9. The van der Waals surface area contributed by atoms with Crippen LogP contribution in [0.5, 0.6) is 0 Å². The molecule has 1 aliphatic heterocycles. The van der Waals surface area contributed by atoms with E-state index in [4.69, 9.17) is 0 Å². The predicted octanol–water partition coefficient (Wildman–Crippen LogP) is 3.00. The fraction of sp³-hybridized carbons (Fsp3) is 0.364. The molecule has 1 fully saturated rings. The molecule has 3 heterocycles. The van der Waals surface area contributed by atoms with Crippen LogP contribution in [0.4, 0.5) is 10.6 Å². The molecular weight excluding hydrogens is 350 g/mol. The van der Waals surface area contributed by atoms with Gasteiger partial charge >= 0.3 is 6.03 Å². The maximum absolute atomic E-state index is 12.3. The highest BCUT2D eigenvalue weighted by Gasteiger charge is 2.24. The van der Waals surface area contributed by atoms with Crippen LogP contribution in [-0.2, 0) is 13.5 Å². The van der Waals surface area contributed by atoms with Gasteiger partial charge in [-0.2, -0.15) is 0 Å². The molecule has 3 aromatic rings. The van der Waals surface area contributed by atoms with Gasteiger partial charge in [0.25, 0.3) is 0 Å². The van der Waals surface area contributed by atoms with Gasteiger partial charge < -0.3 is 20.1 Å². The van der Waals surface area contributed by atoms with Crippen molar-refractivity contribution in [2.24, 2.45) is 7.05 Å². The van der Waals surface area contributed by atoms with Crippen molar-refractivity contribution in [3.05, 3.63) is 59.9 Å². The minimum absolute atomic E-state index is 0.0936. The number of rotatable bonds is 5. The second-order valence-electron chi connectivity index (χ2n) is 7.56. The summed E-state index contributed by atoms with van der Waals surface area (Å²) >= 11 is 0. The lowest BCUT2D eigenvalue weighted by atomic mass is 10.1. The minimum Gasteiger partial charge on any atom is -0.354 e. The van der Waals surface area contributed by atoms with Gasteiger partial charge in [0.2, 0.25) is 0 Å². The number of nitrogens with zero attached hydrogens (tertiary/aromatic N) is 3. The first-order valence-corrected chi connectivity index (χ1v) is 9.85. The zero-order valence-corrected chi connectivity index (χ0v) is 16.5. The molecule has 0 saturated carbocycles. The topological polar surface area (TPSA) is 62.2 Å². The van der Waals surface area contributed by atoms with Gasteiger partial charge in [-0.15, -0.1) is 0 Å². The molecule has 28 heavy (non-hydrogen) atoms. The van der Waals surface area contributed by atoms with Crippen LogP contribution in [-0.4, -0.2) is 41.3 Å². The molecule has 0 radical (unpaired) electrons. The van der Waals surface area contributed by atoms with E-state index in [-0.39, 0.29) is 12.1 Å². The first kappa shape index (κ1) is 18.3. The first-order valence-electron chi connectivity index (χ1n) is 9.85. The average molecular weight is 377 g/mol. The summed E-state index contributed by atoms with van der Waals surface area (Å²) in [6, 6.07) is 12.5. The number of nitrogens with one attached hydrogen (secondary N) is 2. The highest BCUT2D eigenvalue weighted by molar-refractivity contribution is 5.84. The molecule has 2 amide bonds. The lowest BCUT2D eigenvalue weighted by Crippen LogP contribution is -2.44. The largest absolute Gasteiger partial charge is 0.354 e. The lowest BCUT2D eigenvalue weighted by molar-refractivity contribution is 0.238. The predicted molar refractivity (Wildman–Crippen MR) is 113 cm³/mol. The Hall–Kier alpha value is -3.02. The normalized spacial score (nSPS) is 16.5. The van der Waals surface area contributed by atoms with E-state index >= 15 is 0 Å². The molecule has 6 nitrogen and oxygen atoms in total.